The summed E-state index contributed by atoms with van der Waals surface area (Å²) in [5, 5.41) is 7.84. The van der Waals surface area contributed by atoms with E-state index in [1.807, 2.05) is 0 Å². The molecular formula is C12H14ClF3N2O3S2. The largest absolute Gasteiger partial charge is 0.573 e. The number of rotatable bonds is 5. The van der Waals surface area contributed by atoms with Gasteiger partial charge in [-0.1, -0.05) is 18.3 Å². The first-order chi connectivity index (χ1) is 10.1. The van der Waals surface area contributed by atoms with Gasteiger partial charge in [-0.05, 0) is 18.2 Å². The lowest BCUT2D eigenvalue weighted by Crippen LogP contribution is -2.20. The fourth-order valence-electron chi connectivity index (χ4n) is 1.86. The van der Waals surface area contributed by atoms with E-state index in [2.05, 4.69) is 4.74 Å². The molecule has 2 aromatic rings. The van der Waals surface area contributed by atoms with Crippen molar-refractivity contribution in [2.45, 2.75) is 19.8 Å². The van der Waals surface area contributed by atoms with Crippen LogP contribution >= 0.6 is 23.7 Å². The van der Waals surface area contributed by atoms with E-state index < -0.39 is 16.2 Å². The predicted octanol–water partition coefficient (Wildman–Crippen LogP) is 2.94. The average molecular weight is 391 g/mol. The number of hydrogen-bond donors (Lipinski definition) is 1. The summed E-state index contributed by atoms with van der Waals surface area (Å²) in [6.45, 7) is 1.63. The van der Waals surface area contributed by atoms with Crippen molar-refractivity contribution >= 4 is 43.8 Å². The molecule has 0 unspecified atom stereocenters. The molecule has 5 nitrogen and oxygen atoms in total. The summed E-state index contributed by atoms with van der Waals surface area (Å²) in [4.78, 5) is 0.0745. The van der Waals surface area contributed by atoms with Gasteiger partial charge in [-0.15, -0.1) is 25.6 Å². The van der Waals surface area contributed by atoms with Crippen molar-refractivity contribution in [2.75, 3.05) is 11.5 Å². The molecule has 1 heterocycles. The molecule has 0 fully saturated rings. The van der Waals surface area contributed by atoms with Gasteiger partial charge in [0.15, 0.2) is 14.6 Å². The van der Waals surface area contributed by atoms with Crippen LogP contribution in [-0.2, 0) is 16.4 Å². The van der Waals surface area contributed by atoms with Gasteiger partial charge in [-0.25, -0.2) is 8.42 Å². The third-order valence-electron chi connectivity index (χ3n) is 2.97. The molecule has 0 aliphatic carbocycles. The van der Waals surface area contributed by atoms with Crippen LogP contribution in [-0.4, -0.2) is 30.9 Å². The lowest BCUT2D eigenvalue weighted by molar-refractivity contribution is -0.274. The Kier molecular flexibility index (Phi) is 6.11. The molecule has 1 aromatic carbocycles. The van der Waals surface area contributed by atoms with Gasteiger partial charge in [0.1, 0.15) is 5.75 Å². The number of sulfone groups is 1. The number of alkyl halides is 3. The van der Waals surface area contributed by atoms with Crippen LogP contribution in [0.3, 0.4) is 0 Å². The second-order valence-electron chi connectivity index (χ2n) is 4.47. The zero-order valence-corrected chi connectivity index (χ0v) is 14.3. The summed E-state index contributed by atoms with van der Waals surface area (Å²) in [5.41, 5.74) is 0.510. The summed E-state index contributed by atoms with van der Waals surface area (Å²) in [6.07, 6.45) is -4.78. The molecule has 0 amide bonds. The van der Waals surface area contributed by atoms with E-state index >= 15 is 0 Å². The average Bonchev–Trinajstić information content (AvgIpc) is 2.69. The summed E-state index contributed by atoms with van der Waals surface area (Å²) in [5.74, 6) is -0.478. The zero-order chi connectivity index (χ0) is 16.5. The standard InChI is InChI=1S/C12H13F3N2O3S2.ClH/c1-2-22(18,19)6-5-17-9-4-3-8(20-12(13,14)15)7-10(9)21-11(17)16;/h3-4,7,16H,2,5-6H2,1H3;1H. The Morgan fingerprint density at radius 3 is 2.57 bits per heavy atom. The van der Waals surface area contributed by atoms with Gasteiger partial charge in [-0.2, -0.15) is 0 Å². The smallest absolute Gasteiger partial charge is 0.406 e. The van der Waals surface area contributed by atoms with Crippen LogP contribution in [0.2, 0.25) is 0 Å². The number of hydrogen-bond acceptors (Lipinski definition) is 5. The van der Waals surface area contributed by atoms with Gasteiger partial charge in [0, 0.05) is 12.3 Å². The number of aryl methyl sites for hydroxylation is 1. The number of thiazole rings is 1. The SMILES string of the molecule is CCS(=O)(=O)CCn1c(=N)sc2cc(OC(F)(F)F)ccc21.Cl. The van der Waals surface area contributed by atoms with Gasteiger partial charge in [0.25, 0.3) is 0 Å². The van der Waals surface area contributed by atoms with Crippen LogP contribution in [0.5, 0.6) is 5.75 Å². The number of nitrogens with zero attached hydrogens (tertiary/aromatic N) is 1. The van der Waals surface area contributed by atoms with Crippen molar-refractivity contribution in [1.82, 2.24) is 4.57 Å². The number of fused-ring (bicyclic) bond motifs is 1. The van der Waals surface area contributed by atoms with Crippen molar-refractivity contribution in [3.8, 4) is 5.75 Å². The summed E-state index contributed by atoms with van der Waals surface area (Å²) >= 11 is 0.965. The molecule has 130 valence electrons. The Bertz CT molecular complexity index is 843. The molecule has 23 heavy (non-hydrogen) atoms. The Hall–Kier alpha value is -1.26. The fourth-order valence-corrected chi connectivity index (χ4v) is 3.58. The Morgan fingerprint density at radius 1 is 1.35 bits per heavy atom. The van der Waals surface area contributed by atoms with Crippen LogP contribution in [0.25, 0.3) is 10.2 Å². The first-order valence-electron chi connectivity index (χ1n) is 6.25. The van der Waals surface area contributed by atoms with Crippen molar-refractivity contribution in [3.05, 3.63) is 23.0 Å². The maximum Gasteiger partial charge on any atom is 0.573 e. The molecule has 0 bridgehead atoms. The third kappa shape index (κ3) is 5.11. The highest BCUT2D eigenvalue weighted by atomic mass is 35.5. The monoisotopic (exact) mass is 390 g/mol. The normalized spacial score (nSPS) is 12.2. The first-order valence-corrected chi connectivity index (χ1v) is 8.89. The molecule has 0 saturated carbocycles. The predicted molar refractivity (Wildman–Crippen MR) is 83.9 cm³/mol. The van der Waals surface area contributed by atoms with E-state index in [-0.39, 0.29) is 41.0 Å². The van der Waals surface area contributed by atoms with E-state index in [1.54, 1.807) is 0 Å². The molecule has 0 aliphatic rings. The molecule has 1 N–H and O–H groups in total. The van der Waals surface area contributed by atoms with Crippen molar-refractivity contribution in [2.24, 2.45) is 0 Å². The van der Waals surface area contributed by atoms with Gasteiger partial charge >= 0.3 is 6.36 Å². The molecule has 0 saturated heterocycles. The molecule has 0 aliphatic heterocycles. The highest BCUT2D eigenvalue weighted by molar-refractivity contribution is 7.91. The van der Waals surface area contributed by atoms with Crippen molar-refractivity contribution < 1.29 is 26.3 Å². The molecule has 0 radical (unpaired) electrons. The van der Waals surface area contributed by atoms with Gasteiger partial charge in [0.05, 0.1) is 16.0 Å². The van der Waals surface area contributed by atoms with E-state index in [4.69, 9.17) is 5.41 Å². The molecule has 0 spiro atoms. The Balaban J connectivity index is 0.00000264. The van der Waals surface area contributed by atoms with Crippen molar-refractivity contribution in [3.63, 3.8) is 0 Å². The lowest BCUT2D eigenvalue weighted by Gasteiger charge is -2.09. The van der Waals surface area contributed by atoms with Gasteiger partial charge < -0.3 is 9.30 Å². The highest BCUT2D eigenvalue weighted by Crippen LogP contribution is 2.27. The first kappa shape index (κ1) is 19.8. The maximum atomic E-state index is 12.2. The third-order valence-corrected chi connectivity index (χ3v) is 5.62. The zero-order valence-electron chi connectivity index (χ0n) is 11.9. The molecular weight excluding hydrogens is 377 g/mol. The number of nitrogens with one attached hydrogen (secondary N) is 1. The van der Waals surface area contributed by atoms with Crippen molar-refractivity contribution in [1.29, 1.82) is 5.41 Å². The second-order valence-corrected chi connectivity index (χ2v) is 7.98. The minimum Gasteiger partial charge on any atom is -0.406 e. The quantitative estimate of drug-likeness (QED) is 0.853. The molecule has 2 rings (SSSR count). The minimum absolute atomic E-state index is 0. The van der Waals surface area contributed by atoms with Crippen LogP contribution in [0.1, 0.15) is 6.92 Å². The van der Waals surface area contributed by atoms with Crippen LogP contribution in [0.15, 0.2) is 18.2 Å². The second kappa shape index (κ2) is 7.10. The Labute approximate surface area is 140 Å². The topological polar surface area (TPSA) is 72.2 Å². The van der Waals surface area contributed by atoms with Crippen LogP contribution in [0, 0.1) is 5.41 Å². The maximum absolute atomic E-state index is 12.2. The lowest BCUT2D eigenvalue weighted by atomic mass is 10.3. The Morgan fingerprint density at radius 2 is 2.00 bits per heavy atom. The fraction of sp³-hybridized carbons (Fsp3) is 0.417. The number of ether oxygens (including phenoxy) is 1. The van der Waals surface area contributed by atoms with E-state index in [9.17, 15) is 21.6 Å². The summed E-state index contributed by atoms with van der Waals surface area (Å²) in [7, 11) is -3.19. The van der Waals surface area contributed by atoms with Crippen LogP contribution in [0.4, 0.5) is 13.2 Å². The van der Waals surface area contributed by atoms with Gasteiger partial charge in [-0.3, -0.25) is 5.41 Å². The van der Waals surface area contributed by atoms with Crippen LogP contribution < -0.4 is 9.54 Å². The van der Waals surface area contributed by atoms with Gasteiger partial charge in [0.2, 0.25) is 0 Å². The number of benzene rings is 1. The number of aromatic nitrogens is 1. The molecule has 1 aromatic heterocycles. The molecule has 0 atom stereocenters. The summed E-state index contributed by atoms with van der Waals surface area (Å²) in [6, 6.07) is 3.73. The van der Waals surface area contributed by atoms with E-state index in [0.717, 1.165) is 17.4 Å². The molecule has 11 heteroatoms. The minimum atomic E-state index is -4.78. The number of halogens is 4. The summed E-state index contributed by atoms with van der Waals surface area (Å²) < 4.78 is 65.4. The van der Waals surface area contributed by atoms with E-state index in [0.29, 0.717) is 10.2 Å². The van der Waals surface area contributed by atoms with E-state index in [1.165, 1.54) is 23.6 Å². The highest BCUT2D eigenvalue weighted by Gasteiger charge is 2.31.